The van der Waals surface area contributed by atoms with Crippen molar-refractivity contribution in [3.63, 3.8) is 0 Å². The summed E-state index contributed by atoms with van der Waals surface area (Å²) in [6, 6.07) is 0.772. The third-order valence-corrected chi connectivity index (χ3v) is 1.99. The number of aromatic nitrogens is 1. The first-order chi connectivity index (χ1) is 7.41. The molecule has 1 atom stereocenters. The van der Waals surface area contributed by atoms with Crippen molar-refractivity contribution >= 4 is 23.3 Å². The zero-order valence-electron chi connectivity index (χ0n) is 8.73. The van der Waals surface area contributed by atoms with Crippen LogP contribution < -0.4 is 22.5 Å². The Morgan fingerprint density at radius 2 is 2.06 bits per heavy atom. The van der Waals surface area contributed by atoms with Crippen LogP contribution in [0.3, 0.4) is 0 Å². The molecular weight excluding hydrogens is 210 g/mol. The van der Waals surface area contributed by atoms with E-state index in [4.69, 9.17) is 17.2 Å². The highest BCUT2D eigenvalue weighted by Crippen LogP contribution is 2.14. The Kier molecular flexibility index (Phi) is 3.29. The molecule has 7 nitrogen and oxygen atoms in total. The first kappa shape index (κ1) is 11.8. The average Bonchev–Trinajstić information content (AvgIpc) is 2.20. The predicted molar refractivity (Wildman–Crippen MR) is 59.4 cm³/mol. The second-order valence-corrected chi connectivity index (χ2v) is 3.29. The molecule has 1 unspecified atom stereocenters. The van der Waals surface area contributed by atoms with Crippen LogP contribution in [0.2, 0.25) is 0 Å². The molecule has 0 bridgehead atoms. The second kappa shape index (κ2) is 4.47. The van der Waals surface area contributed by atoms with E-state index in [9.17, 15) is 9.59 Å². The molecule has 2 amide bonds. The van der Waals surface area contributed by atoms with Crippen LogP contribution in [0.25, 0.3) is 0 Å². The molecule has 1 aromatic heterocycles. The van der Waals surface area contributed by atoms with Gasteiger partial charge in [0.25, 0.3) is 5.91 Å². The third kappa shape index (κ3) is 2.59. The molecule has 1 heterocycles. The second-order valence-electron chi connectivity index (χ2n) is 3.29. The Bertz CT molecular complexity index is 432. The standard InChI is InChI=1S/C9H13N5O2/c1-4(8(11)15)14-7-2-5(9(12)16)6(10)3-13-7/h2-4H,10H2,1H3,(H2,11,15)(H2,12,16)(H,13,14). The van der Waals surface area contributed by atoms with Crippen LogP contribution >= 0.6 is 0 Å². The summed E-state index contributed by atoms with van der Waals surface area (Å²) in [6.07, 6.45) is 1.29. The van der Waals surface area contributed by atoms with Crippen molar-refractivity contribution in [1.29, 1.82) is 0 Å². The lowest BCUT2D eigenvalue weighted by molar-refractivity contribution is -0.118. The van der Waals surface area contributed by atoms with E-state index in [-0.39, 0.29) is 11.3 Å². The van der Waals surface area contributed by atoms with Crippen LogP contribution in [0, 0.1) is 0 Å². The lowest BCUT2D eigenvalue weighted by Crippen LogP contribution is -2.32. The Balaban J connectivity index is 2.95. The predicted octanol–water partition coefficient (Wildman–Crippen LogP) is -0.952. The number of anilines is 2. The summed E-state index contributed by atoms with van der Waals surface area (Å²) in [5.41, 5.74) is 16.0. The largest absolute Gasteiger partial charge is 0.397 e. The molecule has 7 heteroatoms. The first-order valence-electron chi connectivity index (χ1n) is 4.53. The molecule has 7 N–H and O–H groups in total. The van der Waals surface area contributed by atoms with Gasteiger partial charge in [-0.05, 0) is 13.0 Å². The van der Waals surface area contributed by atoms with Gasteiger partial charge in [-0.1, -0.05) is 0 Å². The Morgan fingerprint density at radius 3 is 2.56 bits per heavy atom. The minimum absolute atomic E-state index is 0.147. The maximum atomic E-state index is 11.0. The summed E-state index contributed by atoms with van der Waals surface area (Å²) < 4.78 is 0. The van der Waals surface area contributed by atoms with Gasteiger partial charge in [-0.2, -0.15) is 0 Å². The maximum absolute atomic E-state index is 11.0. The smallest absolute Gasteiger partial charge is 0.250 e. The number of hydrogen-bond donors (Lipinski definition) is 4. The van der Waals surface area contributed by atoms with Gasteiger partial charge in [-0.25, -0.2) is 4.98 Å². The number of carbonyl (C=O) groups excluding carboxylic acids is 2. The van der Waals surface area contributed by atoms with Crippen molar-refractivity contribution in [2.45, 2.75) is 13.0 Å². The number of nitrogens with one attached hydrogen (secondary N) is 1. The van der Waals surface area contributed by atoms with E-state index in [1.165, 1.54) is 12.3 Å². The van der Waals surface area contributed by atoms with Crippen molar-refractivity contribution < 1.29 is 9.59 Å². The van der Waals surface area contributed by atoms with Crippen molar-refractivity contribution in [2.75, 3.05) is 11.1 Å². The minimum Gasteiger partial charge on any atom is -0.397 e. The molecule has 0 radical (unpaired) electrons. The van der Waals surface area contributed by atoms with Gasteiger partial charge in [0.1, 0.15) is 11.9 Å². The molecule has 0 fully saturated rings. The van der Waals surface area contributed by atoms with Gasteiger partial charge >= 0.3 is 0 Å². The van der Waals surface area contributed by atoms with Gasteiger partial charge in [0.15, 0.2) is 0 Å². The van der Waals surface area contributed by atoms with Gasteiger partial charge in [0.05, 0.1) is 17.4 Å². The fourth-order valence-electron chi connectivity index (χ4n) is 1.05. The summed E-state index contributed by atoms with van der Waals surface area (Å²) in [5.74, 6) is -0.872. The normalized spacial score (nSPS) is 11.8. The zero-order chi connectivity index (χ0) is 12.3. The van der Waals surface area contributed by atoms with E-state index in [1.807, 2.05) is 0 Å². The van der Waals surface area contributed by atoms with Crippen molar-refractivity contribution in [3.8, 4) is 0 Å². The highest BCUT2D eigenvalue weighted by Gasteiger charge is 2.12. The molecule has 16 heavy (non-hydrogen) atoms. The van der Waals surface area contributed by atoms with Crippen molar-refractivity contribution in [2.24, 2.45) is 11.5 Å². The van der Waals surface area contributed by atoms with Crippen LogP contribution in [0.1, 0.15) is 17.3 Å². The zero-order valence-corrected chi connectivity index (χ0v) is 8.73. The van der Waals surface area contributed by atoms with Gasteiger partial charge in [-0.15, -0.1) is 0 Å². The molecule has 86 valence electrons. The van der Waals surface area contributed by atoms with Crippen LogP contribution in [-0.4, -0.2) is 22.8 Å². The molecule has 0 aromatic carbocycles. The monoisotopic (exact) mass is 223 g/mol. The fraction of sp³-hybridized carbons (Fsp3) is 0.222. The maximum Gasteiger partial charge on any atom is 0.250 e. The summed E-state index contributed by atoms with van der Waals surface area (Å²) in [6.45, 7) is 1.57. The number of nitrogens with two attached hydrogens (primary N) is 3. The molecule has 0 aliphatic heterocycles. The van der Waals surface area contributed by atoms with E-state index in [2.05, 4.69) is 10.3 Å². The number of hydrogen-bond acceptors (Lipinski definition) is 5. The molecule has 1 rings (SSSR count). The van der Waals surface area contributed by atoms with E-state index < -0.39 is 17.9 Å². The number of nitrogens with zero attached hydrogens (tertiary/aromatic N) is 1. The highest BCUT2D eigenvalue weighted by atomic mass is 16.1. The summed E-state index contributed by atoms with van der Waals surface area (Å²) in [4.78, 5) is 25.7. The van der Waals surface area contributed by atoms with Crippen LogP contribution in [0.4, 0.5) is 11.5 Å². The number of rotatable bonds is 4. The van der Waals surface area contributed by atoms with E-state index in [0.29, 0.717) is 5.82 Å². The minimum atomic E-state index is -0.658. The summed E-state index contributed by atoms with van der Waals surface area (Å²) in [7, 11) is 0. The van der Waals surface area contributed by atoms with Crippen LogP contribution in [0.5, 0.6) is 0 Å². The Labute approximate surface area is 92.0 Å². The number of primary amides is 2. The number of nitrogen functional groups attached to an aromatic ring is 1. The van der Waals surface area contributed by atoms with Crippen LogP contribution in [-0.2, 0) is 4.79 Å². The van der Waals surface area contributed by atoms with Gasteiger partial charge in [0, 0.05) is 0 Å². The summed E-state index contributed by atoms with van der Waals surface area (Å²) >= 11 is 0. The third-order valence-electron chi connectivity index (χ3n) is 1.99. The molecule has 0 aliphatic rings. The van der Waals surface area contributed by atoms with Crippen molar-refractivity contribution in [1.82, 2.24) is 4.98 Å². The van der Waals surface area contributed by atoms with E-state index in [0.717, 1.165) is 0 Å². The first-order valence-corrected chi connectivity index (χ1v) is 4.53. The quantitative estimate of drug-likeness (QED) is 0.521. The molecule has 0 aliphatic carbocycles. The number of pyridine rings is 1. The molecule has 0 spiro atoms. The van der Waals surface area contributed by atoms with Crippen molar-refractivity contribution in [3.05, 3.63) is 17.8 Å². The average molecular weight is 223 g/mol. The fourth-order valence-corrected chi connectivity index (χ4v) is 1.05. The van der Waals surface area contributed by atoms with Gasteiger partial charge in [0.2, 0.25) is 5.91 Å². The van der Waals surface area contributed by atoms with Gasteiger partial charge < -0.3 is 22.5 Å². The highest BCUT2D eigenvalue weighted by molar-refractivity contribution is 5.98. The topological polar surface area (TPSA) is 137 Å². The SMILES string of the molecule is CC(Nc1cc(C(N)=O)c(N)cn1)C(N)=O. The summed E-state index contributed by atoms with van der Waals surface area (Å²) in [5, 5.41) is 2.71. The lowest BCUT2D eigenvalue weighted by Gasteiger charge is -2.11. The van der Waals surface area contributed by atoms with Gasteiger partial charge in [-0.3, -0.25) is 9.59 Å². The lowest BCUT2D eigenvalue weighted by atomic mass is 10.2. The van der Waals surface area contributed by atoms with E-state index >= 15 is 0 Å². The molecular formula is C9H13N5O2. The molecule has 0 saturated carbocycles. The molecule has 1 aromatic rings. The number of carbonyl (C=O) groups is 2. The van der Waals surface area contributed by atoms with E-state index in [1.54, 1.807) is 6.92 Å². The Hall–Kier alpha value is -2.31. The molecule has 0 saturated heterocycles. The number of amides is 2. The van der Waals surface area contributed by atoms with Crippen LogP contribution in [0.15, 0.2) is 12.3 Å². The Morgan fingerprint density at radius 1 is 1.44 bits per heavy atom.